The molecule has 1 aliphatic rings. The first-order chi connectivity index (χ1) is 10.2. The molecule has 1 amide bonds. The molecular formula is C15H23N3O3S. The van der Waals surface area contributed by atoms with Crippen LogP contribution < -0.4 is 10.5 Å². The van der Waals surface area contributed by atoms with Gasteiger partial charge >= 0.3 is 0 Å². The molecule has 22 heavy (non-hydrogen) atoms. The van der Waals surface area contributed by atoms with Gasteiger partial charge in [0, 0.05) is 18.7 Å². The van der Waals surface area contributed by atoms with Crippen LogP contribution in [-0.4, -0.2) is 45.4 Å². The summed E-state index contributed by atoms with van der Waals surface area (Å²) < 4.78 is 23.4. The van der Waals surface area contributed by atoms with E-state index in [2.05, 4.69) is 5.32 Å². The Morgan fingerprint density at radius 3 is 2.41 bits per heavy atom. The van der Waals surface area contributed by atoms with Crippen molar-refractivity contribution < 1.29 is 13.2 Å². The second kappa shape index (κ2) is 6.36. The van der Waals surface area contributed by atoms with Gasteiger partial charge in [0.15, 0.2) is 0 Å². The van der Waals surface area contributed by atoms with Crippen molar-refractivity contribution in [3.63, 3.8) is 0 Å². The third-order valence-electron chi connectivity index (χ3n) is 4.35. The number of carbonyl (C=O) groups is 1. The van der Waals surface area contributed by atoms with Gasteiger partial charge in [0.25, 0.3) is 5.91 Å². The molecule has 1 heterocycles. The number of amides is 1. The lowest BCUT2D eigenvalue weighted by atomic mass is 10.0. The van der Waals surface area contributed by atoms with Gasteiger partial charge in [-0.15, -0.1) is 0 Å². The highest BCUT2D eigenvalue weighted by molar-refractivity contribution is 7.89. The average Bonchev–Trinajstić information content (AvgIpc) is 2.48. The van der Waals surface area contributed by atoms with Crippen LogP contribution >= 0.6 is 0 Å². The van der Waals surface area contributed by atoms with Crippen molar-refractivity contribution >= 4 is 15.9 Å². The minimum absolute atomic E-state index is 0.0227. The van der Waals surface area contributed by atoms with Crippen molar-refractivity contribution in [2.24, 2.45) is 5.14 Å². The number of hydrogen-bond donors (Lipinski definition) is 2. The predicted molar refractivity (Wildman–Crippen MR) is 85.3 cm³/mol. The molecule has 0 saturated carbocycles. The van der Waals surface area contributed by atoms with E-state index in [0.717, 1.165) is 31.5 Å². The fraction of sp³-hybridized carbons (Fsp3) is 0.533. The molecule has 1 aromatic rings. The Bertz CT molecular complexity index is 680. The number of benzene rings is 1. The van der Waals surface area contributed by atoms with Gasteiger partial charge in [-0.1, -0.05) is 0 Å². The van der Waals surface area contributed by atoms with Gasteiger partial charge in [-0.05, 0) is 63.0 Å². The Labute approximate surface area is 131 Å². The van der Waals surface area contributed by atoms with Gasteiger partial charge in [-0.2, -0.15) is 0 Å². The molecule has 7 heteroatoms. The summed E-state index contributed by atoms with van der Waals surface area (Å²) >= 11 is 0. The summed E-state index contributed by atoms with van der Waals surface area (Å²) in [6.45, 7) is 5.25. The Hall–Kier alpha value is -1.44. The Kier molecular flexibility index (Phi) is 4.89. The first-order valence-corrected chi connectivity index (χ1v) is 8.88. The number of nitrogens with two attached hydrogens (primary N) is 1. The van der Waals surface area contributed by atoms with E-state index in [1.807, 2.05) is 0 Å². The van der Waals surface area contributed by atoms with Crippen molar-refractivity contribution in [2.45, 2.75) is 37.6 Å². The number of primary sulfonamides is 1. The Balaban J connectivity index is 2.35. The molecular weight excluding hydrogens is 302 g/mol. The van der Waals surface area contributed by atoms with Crippen LogP contribution in [0.2, 0.25) is 0 Å². The Morgan fingerprint density at radius 1 is 1.27 bits per heavy atom. The van der Waals surface area contributed by atoms with E-state index < -0.39 is 10.0 Å². The van der Waals surface area contributed by atoms with Crippen molar-refractivity contribution in [1.29, 1.82) is 0 Å². The van der Waals surface area contributed by atoms with Gasteiger partial charge in [0.05, 0.1) is 4.90 Å². The smallest absolute Gasteiger partial charge is 0.253 e. The fourth-order valence-electron chi connectivity index (χ4n) is 2.81. The maximum Gasteiger partial charge on any atom is 0.253 e. The molecule has 1 aliphatic heterocycles. The quantitative estimate of drug-likeness (QED) is 0.859. The maximum atomic E-state index is 12.7. The number of piperidine rings is 1. The largest absolute Gasteiger partial charge is 0.339 e. The molecule has 0 bridgehead atoms. The first kappa shape index (κ1) is 16.9. The van der Waals surface area contributed by atoms with Crippen molar-refractivity contribution in [1.82, 2.24) is 10.2 Å². The van der Waals surface area contributed by atoms with E-state index in [1.165, 1.54) is 6.07 Å². The average molecular weight is 325 g/mol. The van der Waals surface area contributed by atoms with E-state index in [-0.39, 0.29) is 16.8 Å². The normalized spacial score (nSPS) is 16.5. The number of rotatable bonds is 3. The van der Waals surface area contributed by atoms with E-state index in [1.54, 1.807) is 31.9 Å². The second-order valence-electron chi connectivity index (χ2n) is 5.86. The molecule has 0 spiro atoms. The summed E-state index contributed by atoms with van der Waals surface area (Å²) in [5.74, 6) is -0.167. The zero-order valence-corrected chi connectivity index (χ0v) is 14.0. The lowest BCUT2D eigenvalue weighted by Gasteiger charge is -2.32. The molecule has 0 radical (unpaired) electrons. The van der Waals surface area contributed by atoms with Crippen LogP contribution in [0, 0.1) is 13.8 Å². The number of nitrogens with zero attached hydrogens (tertiary/aromatic N) is 1. The highest BCUT2D eigenvalue weighted by Gasteiger charge is 2.25. The van der Waals surface area contributed by atoms with E-state index in [0.29, 0.717) is 11.1 Å². The molecule has 1 saturated heterocycles. The van der Waals surface area contributed by atoms with Crippen LogP contribution in [0.15, 0.2) is 17.0 Å². The molecule has 0 aliphatic carbocycles. The Morgan fingerprint density at radius 2 is 1.86 bits per heavy atom. The molecule has 1 aromatic carbocycles. The van der Waals surface area contributed by atoms with Crippen molar-refractivity contribution in [3.05, 3.63) is 28.8 Å². The van der Waals surface area contributed by atoms with Gasteiger partial charge in [0.2, 0.25) is 10.0 Å². The summed E-state index contributed by atoms with van der Waals surface area (Å²) in [6, 6.07) is 3.29. The lowest BCUT2D eigenvalue weighted by Crippen LogP contribution is -2.44. The SMILES string of the molecule is Cc1cc(C(=O)N(C)C2CCNCC2)cc(S(N)(=O)=O)c1C. The third-order valence-corrected chi connectivity index (χ3v) is 5.39. The number of nitrogens with one attached hydrogen (secondary N) is 1. The highest BCUT2D eigenvalue weighted by atomic mass is 32.2. The molecule has 1 fully saturated rings. The van der Waals surface area contributed by atoms with Gasteiger partial charge in [0.1, 0.15) is 0 Å². The predicted octanol–water partition coefficient (Wildman–Crippen LogP) is 0.775. The first-order valence-electron chi connectivity index (χ1n) is 7.33. The van der Waals surface area contributed by atoms with E-state index in [4.69, 9.17) is 5.14 Å². The zero-order chi connectivity index (χ0) is 16.5. The number of carbonyl (C=O) groups excluding carboxylic acids is 1. The molecule has 3 N–H and O–H groups in total. The maximum absolute atomic E-state index is 12.7. The fourth-order valence-corrected chi connectivity index (χ4v) is 3.69. The molecule has 2 rings (SSSR count). The number of aryl methyl sites for hydroxylation is 1. The minimum atomic E-state index is -3.84. The summed E-state index contributed by atoms with van der Waals surface area (Å²) in [7, 11) is -2.08. The van der Waals surface area contributed by atoms with Crippen LogP contribution in [0.5, 0.6) is 0 Å². The topological polar surface area (TPSA) is 92.5 Å². The molecule has 0 unspecified atom stereocenters. The molecule has 0 atom stereocenters. The van der Waals surface area contributed by atoms with Crippen molar-refractivity contribution in [3.8, 4) is 0 Å². The lowest BCUT2D eigenvalue weighted by molar-refractivity contribution is 0.0703. The monoisotopic (exact) mass is 325 g/mol. The van der Waals surface area contributed by atoms with Crippen LogP contribution in [0.4, 0.5) is 0 Å². The standard InChI is InChI=1S/C15H23N3O3S/c1-10-8-12(9-14(11(10)2)22(16,20)21)15(19)18(3)13-4-6-17-7-5-13/h8-9,13,17H,4-7H2,1-3H3,(H2,16,20,21). The zero-order valence-electron chi connectivity index (χ0n) is 13.2. The highest BCUT2D eigenvalue weighted by Crippen LogP contribution is 2.22. The summed E-state index contributed by atoms with van der Waals surface area (Å²) in [5.41, 5.74) is 1.70. The molecule has 6 nitrogen and oxygen atoms in total. The summed E-state index contributed by atoms with van der Waals surface area (Å²) in [6.07, 6.45) is 1.80. The van der Waals surface area contributed by atoms with Gasteiger partial charge < -0.3 is 10.2 Å². The van der Waals surface area contributed by atoms with Gasteiger partial charge in [-0.25, -0.2) is 13.6 Å². The minimum Gasteiger partial charge on any atom is -0.339 e. The van der Waals surface area contributed by atoms with Crippen LogP contribution in [0.3, 0.4) is 0 Å². The van der Waals surface area contributed by atoms with Crippen molar-refractivity contribution in [2.75, 3.05) is 20.1 Å². The number of sulfonamides is 1. The summed E-state index contributed by atoms with van der Waals surface area (Å²) in [5, 5.41) is 8.51. The van der Waals surface area contributed by atoms with Crippen LogP contribution in [0.1, 0.15) is 34.3 Å². The van der Waals surface area contributed by atoms with E-state index in [9.17, 15) is 13.2 Å². The molecule has 122 valence electrons. The van der Waals surface area contributed by atoms with Crippen LogP contribution in [-0.2, 0) is 10.0 Å². The second-order valence-corrected chi connectivity index (χ2v) is 7.39. The third kappa shape index (κ3) is 3.48. The summed E-state index contributed by atoms with van der Waals surface area (Å²) in [4.78, 5) is 14.4. The number of hydrogen-bond acceptors (Lipinski definition) is 4. The molecule has 0 aromatic heterocycles. The van der Waals surface area contributed by atoms with E-state index >= 15 is 0 Å². The van der Waals surface area contributed by atoms with Gasteiger partial charge in [-0.3, -0.25) is 4.79 Å². The van der Waals surface area contributed by atoms with Crippen LogP contribution in [0.25, 0.3) is 0 Å².